The maximum absolute atomic E-state index is 12.1. The van der Waals surface area contributed by atoms with Crippen molar-refractivity contribution in [3.05, 3.63) is 58.7 Å². The molecule has 3 rings (SSSR count). The molecule has 8 heteroatoms. The van der Waals surface area contributed by atoms with Crippen LogP contribution in [0.25, 0.3) is 0 Å². The van der Waals surface area contributed by atoms with Crippen molar-refractivity contribution < 1.29 is 4.79 Å². The van der Waals surface area contributed by atoms with Crippen LogP contribution in [0.1, 0.15) is 17.0 Å². The molecule has 2 aromatic heterocycles. The first-order valence-electron chi connectivity index (χ1n) is 8.00. The molecule has 1 N–H and O–H groups in total. The number of nitriles is 1. The molecule has 132 valence electrons. The van der Waals surface area contributed by atoms with E-state index in [0.717, 1.165) is 18.7 Å². The lowest BCUT2D eigenvalue weighted by molar-refractivity contribution is -0.113. The zero-order valence-electron chi connectivity index (χ0n) is 14.2. The van der Waals surface area contributed by atoms with Gasteiger partial charge in [-0.1, -0.05) is 42.1 Å². The van der Waals surface area contributed by atoms with Crippen LogP contribution in [0.5, 0.6) is 0 Å². The predicted octanol–water partition coefficient (Wildman–Crippen LogP) is 3.26. The number of rotatable bonds is 7. The molecule has 2 heterocycles. The second-order valence-electron chi connectivity index (χ2n) is 5.56. The SMILES string of the molecule is Cn1c(CCc2ccccc2)nnc1SCC(=O)Nc1sccc1C#N. The van der Waals surface area contributed by atoms with E-state index in [1.807, 2.05) is 29.8 Å². The van der Waals surface area contributed by atoms with Gasteiger partial charge in [0, 0.05) is 13.5 Å². The van der Waals surface area contributed by atoms with Crippen molar-refractivity contribution in [2.45, 2.75) is 18.0 Å². The maximum Gasteiger partial charge on any atom is 0.235 e. The number of carbonyl (C=O) groups is 1. The number of hydrogen-bond acceptors (Lipinski definition) is 6. The Morgan fingerprint density at radius 3 is 2.85 bits per heavy atom. The van der Waals surface area contributed by atoms with Crippen molar-refractivity contribution in [1.82, 2.24) is 14.8 Å². The molecule has 0 aliphatic carbocycles. The van der Waals surface area contributed by atoms with Crippen LogP contribution in [-0.4, -0.2) is 26.4 Å². The number of thioether (sulfide) groups is 1. The van der Waals surface area contributed by atoms with Crippen LogP contribution in [0.2, 0.25) is 0 Å². The zero-order valence-corrected chi connectivity index (χ0v) is 15.8. The number of carbonyl (C=O) groups excluding carboxylic acids is 1. The van der Waals surface area contributed by atoms with E-state index in [1.54, 1.807) is 11.4 Å². The Balaban J connectivity index is 1.53. The summed E-state index contributed by atoms with van der Waals surface area (Å²) in [7, 11) is 1.91. The van der Waals surface area contributed by atoms with Gasteiger partial charge in [0.05, 0.1) is 11.3 Å². The Bertz CT molecular complexity index is 927. The summed E-state index contributed by atoms with van der Waals surface area (Å²) in [5.41, 5.74) is 1.74. The van der Waals surface area contributed by atoms with E-state index in [1.165, 1.54) is 28.7 Å². The molecule has 0 saturated carbocycles. The van der Waals surface area contributed by atoms with Crippen molar-refractivity contribution in [3.8, 4) is 6.07 Å². The third kappa shape index (κ3) is 4.50. The highest BCUT2D eigenvalue weighted by molar-refractivity contribution is 7.99. The smallest absolute Gasteiger partial charge is 0.235 e. The Hall–Kier alpha value is -2.63. The third-order valence-corrected chi connectivity index (χ3v) is 5.63. The topological polar surface area (TPSA) is 83.6 Å². The molecular formula is C18H17N5OS2. The first-order valence-corrected chi connectivity index (χ1v) is 9.86. The Morgan fingerprint density at radius 2 is 2.08 bits per heavy atom. The number of aromatic nitrogens is 3. The molecule has 0 bridgehead atoms. The van der Waals surface area contributed by atoms with Gasteiger partial charge in [-0.15, -0.1) is 21.5 Å². The van der Waals surface area contributed by atoms with Gasteiger partial charge in [0.15, 0.2) is 5.16 Å². The Kier molecular flexibility index (Phi) is 6.04. The lowest BCUT2D eigenvalue weighted by Crippen LogP contribution is -2.14. The highest BCUT2D eigenvalue weighted by Crippen LogP contribution is 2.23. The summed E-state index contributed by atoms with van der Waals surface area (Å²) in [5, 5.41) is 23.2. The standard InChI is InChI=1S/C18H17N5OS2/c1-23-15(8-7-13-5-3-2-4-6-13)21-22-18(23)26-12-16(24)20-17-14(11-19)9-10-25-17/h2-6,9-10H,7-8,12H2,1H3,(H,20,24). The van der Waals surface area contributed by atoms with Crippen LogP contribution in [0, 0.1) is 11.3 Å². The molecule has 26 heavy (non-hydrogen) atoms. The lowest BCUT2D eigenvalue weighted by atomic mass is 10.1. The molecule has 1 amide bonds. The van der Waals surface area contributed by atoms with Crippen LogP contribution in [0.4, 0.5) is 5.00 Å². The first-order chi connectivity index (χ1) is 12.7. The molecule has 0 fully saturated rings. The van der Waals surface area contributed by atoms with Crippen LogP contribution in [0.15, 0.2) is 46.9 Å². The zero-order chi connectivity index (χ0) is 18.4. The summed E-state index contributed by atoms with van der Waals surface area (Å²) in [6.45, 7) is 0. The van der Waals surface area contributed by atoms with Crippen LogP contribution in [-0.2, 0) is 24.7 Å². The van der Waals surface area contributed by atoms with Gasteiger partial charge in [-0.25, -0.2) is 0 Å². The molecule has 0 aliphatic rings. The fourth-order valence-electron chi connectivity index (χ4n) is 2.38. The number of amides is 1. The first kappa shape index (κ1) is 18.2. The number of nitrogens with zero attached hydrogens (tertiary/aromatic N) is 4. The molecule has 0 unspecified atom stereocenters. The fraction of sp³-hybridized carbons (Fsp3) is 0.222. The molecule has 0 saturated heterocycles. The second-order valence-corrected chi connectivity index (χ2v) is 7.41. The Labute approximate surface area is 159 Å². The molecule has 1 aromatic carbocycles. The van der Waals surface area contributed by atoms with E-state index in [2.05, 4.69) is 33.7 Å². The summed E-state index contributed by atoms with van der Waals surface area (Å²) in [4.78, 5) is 12.1. The van der Waals surface area contributed by atoms with Gasteiger partial charge in [0.1, 0.15) is 16.9 Å². The minimum absolute atomic E-state index is 0.164. The minimum Gasteiger partial charge on any atom is -0.316 e. The summed E-state index contributed by atoms with van der Waals surface area (Å²) in [6.07, 6.45) is 1.69. The van der Waals surface area contributed by atoms with Crippen LogP contribution < -0.4 is 5.32 Å². The van der Waals surface area contributed by atoms with Gasteiger partial charge in [-0.2, -0.15) is 5.26 Å². The molecule has 0 radical (unpaired) electrons. The highest BCUT2D eigenvalue weighted by Gasteiger charge is 2.13. The molecule has 0 aliphatic heterocycles. The average Bonchev–Trinajstić information content (AvgIpc) is 3.25. The molecule has 6 nitrogen and oxygen atoms in total. The van der Waals surface area contributed by atoms with Gasteiger partial charge in [-0.3, -0.25) is 4.79 Å². The second kappa shape index (κ2) is 8.65. The van der Waals surface area contributed by atoms with E-state index in [4.69, 9.17) is 5.26 Å². The number of thiophene rings is 1. The summed E-state index contributed by atoms with van der Waals surface area (Å²) in [5.74, 6) is 0.942. The van der Waals surface area contributed by atoms with Gasteiger partial charge in [-0.05, 0) is 23.4 Å². The third-order valence-electron chi connectivity index (χ3n) is 3.78. The molecule has 0 spiro atoms. The van der Waals surface area contributed by atoms with Crippen molar-refractivity contribution in [2.24, 2.45) is 7.05 Å². The summed E-state index contributed by atoms with van der Waals surface area (Å²) >= 11 is 2.67. The van der Waals surface area contributed by atoms with Gasteiger partial charge >= 0.3 is 0 Å². The minimum atomic E-state index is -0.164. The maximum atomic E-state index is 12.1. The van der Waals surface area contributed by atoms with E-state index < -0.39 is 0 Å². The van der Waals surface area contributed by atoms with Crippen molar-refractivity contribution in [3.63, 3.8) is 0 Å². The number of aryl methyl sites for hydroxylation is 2. The van der Waals surface area contributed by atoms with Gasteiger partial charge in [0.25, 0.3) is 0 Å². The predicted molar refractivity (Wildman–Crippen MR) is 103 cm³/mol. The van der Waals surface area contributed by atoms with Gasteiger partial charge in [0.2, 0.25) is 5.91 Å². The van der Waals surface area contributed by atoms with E-state index in [0.29, 0.717) is 15.7 Å². The van der Waals surface area contributed by atoms with E-state index in [-0.39, 0.29) is 11.7 Å². The molecule has 3 aromatic rings. The quantitative estimate of drug-likeness (QED) is 0.633. The molecule has 0 atom stereocenters. The monoisotopic (exact) mass is 383 g/mol. The lowest BCUT2D eigenvalue weighted by Gasteiger charge is -2.05. The summed E-state index contributed by atoms with van der Waals surface area (Å²) in [6, 6.07) is 14.0. The van der Waals surface area contributed by atoms with E-state index in [9.17, 15) is 4.79 Å². The fourth-order valence-corrected chi connectivity index (χ4v) is 3.86. The average molecular weight is 384 g/mol. The number of benzene rings is 1. The van der Waals surface area contributed by atoms with Crippen molar-refractivity contribution in [1.29, 1.82) is 5.26 Å². The summed E-state index contributed by atoms with van der Waals surface area (Å²) < 4.78 is 1.92. The van der Waals surface area contributed by atoms with Crippen molar-refractivity contribution in [2.75, 3.05) is 11.1 Å². The molecular weight excluding hydrogens is 366 g/mol. The number of hydrogen-bond donors (Lipinski definition) is 1. The Morgan fingerprint density at radius 1 is 1.27 bits per heavy atom. The van der Waals surface area contributed by atoms with Crippen LogP contribution >= 0.6 is 23.1 Å². The van der Waals surface area contributed by atoms with Crippen molar-refractivity contribution >= 4 is 34.0 Å². The van der Waals surface area contributed by atoms with Crippen LogP contribution in [0.3, 0.4) is 0 Å². The number of nitrogens with one attached hydrogen (secondary N) is 1. The largest absolute Gasteiger partial charge is 0.316 e. The van der Waals surface area contributed by atoms with Gasteiger partial charge < -0.3 is 9.88 Å². The van der Waals surface area contributed by atoms with E-state index >= 15 is 0 Å². The normalized spacial score (nSPS) is 10.5. The number of anilines is 1. The highest BCUT2D eigenvalue weighted by atomic mass is 32.2.